The van der Waals surface area contributed by atoms with Crippen molar-refractivity contribution >= 4 is 27.3 Å². The zero-order valence-corrected chi connectivity index (χ0v) is 19.4. The van der Waals surface area contributed by atoms with Gasteiger partial charge < -0.3 is 14.6 Å². The molecule has 11 heteroatoms. The zero-order valence-electron chi connectivity index (χ0n) is 17.8. The van der Waals surface area contributed by atoms with Gasteiger partial charge in [0.15, 0.2) is 0 Å². The molecule has 1 saturated heterocycles. The van der Waals surface area contributed by atoms with Crippen molar-refractivity contribution in [1.82, 2.24) is 19.8 Å². The Morgan fingerprint density at radius 3 is 2.94 bits per heavy atom. The van der Waals surface area contributed by atoms with Gasteiger partial charge in [-0.25, -0.2) is 8.42 Å². The van der Waals surface area contributed by atoms with Crippen LogP contribution >= 0.6 is 11.3 Å². The van der Waals surface area contributed by atoms with Crippen molar-refractivity contribution in [2.75, 3.05) is 20.2 Å². The minimum atomic E-state index is -3.72. The number of ether oxygens (including phenoxy) is 1. The number of benzene rings is 1. The summed E-state index contributed by atoms with van der Waals surface area (Å²) in [5.74, 6) is 0.893. The van der Waals surface area contributed by atoms with E-state index in [0.717, 1.165) is 16.9 Å². The van der Waals surface area contributed by atoms with Crippen LogP contribution in [-0.2, 0) is 21.4 Å². The van der Waals surface area contributed by atoms with Crippen LogP contribution in [0, 0.1) is 12.8 Å². The van der Waals surface area contributed by atoms with Gasteiger partial charge in [-0.1, -0.05) is 23.4 Å². The number of nitrogens with one attached hydrogen (secondary N) is 1. The summed E-state index contributed by atoms with van der Waals surface area (Å²) in [6, 6.07) is 9.02. The molecule has 0 saturated carbocycles. The van der Waals surface area contributed by atoms with Crippen LogP contribution in [-0.4, -0.2) is 49.0 Å². The lowest BCUT2D eigenvalue weighted by molar-refractivity contribution is -0.126. The van der Waals surface area contributed by atoms with Crippen molar-refractivity contribution in [1.29, 1.82) is 0 Å². The van der Waals surface area contributed by atoms with Gasteiger partial charge in [0, 0.05) is 43.1 Å². The third kappa shape index (κ3) is 4.69. The topological polar surface area (TPSA) is 115 Å². The number of piperidine rings is 1. The molecule has 1 amide bonds. The number of thiophene rings is 1. The molecule has 2 aromatic heterocycles. The number of hydrogen-bond acceptors (Lipinski definition) is 8. The van der Waals surface area contributed by atoms with Gasteiger partial charge in [0.25, 0.3) is 10.0 Å². The van der Waals surface area contributed by atoms with E-state index in [0.29, 0.717) is 49.0 Å². The minimum absolute atomic E-state index is 0.147. The van der Waals surface area contributed by atoms with E-state index in [1.54, 1.807) is 25.5 Å². The molecule has 1 aromatic carbocycles. The van der Waals surface area contributed by atoms with Crippen LogP contribution in [0.15, 0.2) is 44.4 Å². The van der Waals surface area contributed by atoms with Crippen LogP contribution in [0.3, 0.4) is 0 Å². The van der Waals surface area contributed by atoms with Crippen LogP contribution in [0.2, 0.25) is 0 Å². The number of nitrogens with zero attached hydrogens (tertiary/aromatic N) is 3. The lowest BCUT2D eigenvalue weighted by Gasteiger charge is -2.30. The lowest BCUT2D eigenvalue weighted by atomic mass is 9.98. The summed E-state index contributed by atoms with van der Waals surface area (Å²) in [5.41, 5.74) is 1.46. The molecule has 0 bridgehead atoms. The van der Waals surface area contributed by atoms with Crippen molar-refractivity contribution in [3.05, 3.63) is 47.2 Å². The van der Waals surface area contributed by atoms with E-state index >= 15 is 0 Å². The number of hydrogen-bond donors (Lipinski definition) is 1. The van der Waals surface area contributed by atoms with Crippen LogP contribution in [0.1, 0.15) is 24.3 Å². The molecule has 1 aliphatic heterocycles. The highest BCUT2D eigenvalue weighted by atomic mass is 32.2. The van der Waals surface area contributed by atoms with Crippen molar-refractivity contribution in [3.63, 3.8) is 0 Å². The van der Waals surface area contributed by atoms with E-state index in [4.69, 9.17) is 9.26 Å². The van der Waals surface area contributed by atoms with Gasteiger partial charge in [0.2, 0.25) is 17.6 Å². The molecular formula is C21H24N4O5S2. The van der Waals surface area contributed by atoms with Gasteiger partial charge in [-0.05, 0) is 25.0 Å². The molecule has 0 aliphatic carbocycles. The largest absolute Gasteiger partial charge is 0.496 e. The van der Waals surface area contributed by atoms with Crippen molar-refractivity contribution < 1.29 is 22.5 Å². The highest BCUT2D eigenvalue weighted by Crippen LogP contribution is 2.31. The van der Waals surface area contributed by atoms with Crippen molar-refractivity contribution in [2.45, 2.75) is 30.5 Å². The van der Waals surface area contributed by atoms with Gasteiger partial charge in [0.05, 0.1) is 13.0 Å². The number of methoxy groups -OCH3 is 1. The smallest absolute Gasteiger partial charge is 0.252 e. The van der Waals surface area contributed by atoms with Crippen molar-refractivity contribution in [3.8, 4) is 17.1 Å². The Morgan fingerprint density at radius 2 is 2.19 bits per heavy atom. The summed E-state index contributed by atoms with van der Waals surface area (Å²) in [6.45, 7) is 2.53. The fourth-order valence-corrected chi connectivity index (χ4v) is 6.50. The molecule has 32 heavy (non-hydrogen) atoms. The third-order valence-corrected chi connectivity index (χ3v) is 8.64. The van der Waals surface area contributed by atoms with E-state index in [9.17, 15) is 13.2 Å². The first-order chi connectivity index (χ1) is 15.4. The molecule has 9 nitrogen and oxygen atoms in total. The van der Waals surface area contributed by atoms with Crippen LogP contribution < -0.4 is 10.1 Å². The number of aryl methyl sites for hydroxylation is 1. The second kappa shape index (κ2) is 9.39. The molecule has 0 unspecified atom stereocenters. The minimum Gasteiger partial charge on any atom is -0.496 e. The number of carbonyl (C=O) groups is 1. The standard InChI is InChI=1S/C21H24N4O5S2/c1-14-23-20(24-30-14)17-10-19(31-13-17)32(27,28)25-9-5-7-16(12-25)21(26)22-11-15-6-3-4-8-18(15)29-2/h3-4,6,8,10,13,16H,5,7,9,11-12H2,1-2H3,(H,22,26)/t16-/m0/s1. The molecule has 0 spiro atoms. The summed E-state index contributed by atoms with van der Waals surface area (Å²) in [5, 5.41) is 8.45. The summed E-state index contributed by atoms with van der Waals surface area (Å²) < 4.78 is 38.3. The van der Waals surface area contributed by atoms with E-state index in [1.807, 2.05) is 24.3 Å². The van der Waals surface area contributed by atoms with Gasteiger partial charge in [-0.15, -0.1) is 11.3 Å². The van der Waals surface area contributed by atoms with E-state index in [-0.39, 0.29) is 16.7 Å². The van der Waals surface area contributed by atoms with Gasteiger partial charge >= 0.3 is 0 Å². The van der Waals surface area contributed by atoms with E-state index in [2.05, 4.69) is 15.5 Å². The predicted octanol–water partition coefficient (Wildman–Crippen LogP) is 2.83. The second-order valence-electron chi connectivity index (χ2n) is 7.52. The first-order valence-electron chi connectivity index (χ1n) is 10.2. The van der Waals surface area contributed by atoms with E-state index < -0.39 is 15.9 Å². The van der Waals surface area contributed by atoms with Gasteiger partial charge in [-0.3, -0.25) is 4.79 Å². The number of sulfonamides is 1. The average molecular weight is 477 g/mol. The van der Waals surface area contributed by atoms with Gasteiger partial charge in [-0.2, -0.15) is 9.29 Å². The number of aromatic nitrogens is 2. The Kier molecular flexibility index (Phi) is 6.58. The number of amides is 1. The molecule has 1 fully saturated rings. The molecule has 0 radical (unpaired) electrons. The number of carbonyl (C=O) groups excluding carboxylic acids is 1. The van der Waals surface area contributed by atoms with Crippen LogP contribution in [0.4, 0.5) is 0 Å². The number of rotatable bonds is 7. The Hall–Kier alpha value is -2.76. The van der Waals surface area contributed by atoms with Gasteiger partial charge in [0.1, 0.15) is 9.96 Å². The maximum Gasteiger partial charge on any atom is 0.252 e. The SMILES string of the molecule is COc1ccccc1CNC(=O)[C@H]1CCCN(S(=O)(=O)c2cc(-c3noc(C)n3)cs2)C1. The molecule has 1 atom stereocenters. The Labute approximate surface area is 190 Å². The van der Waals surface area contributed by atoms with E-state index in [1.165, 1.54) is 4.31 Å². The monoisotopic (exact) mass is 476 g/mol. The Bertz CT molecular complexity index is 1200. The van der Waals surface area contributed by atoms with Crippen LogP contribution in [0.5, 0.6) is 5.75 Å². The average Bonchev–Trinajstić information content (AvgIpc) is 3.47. The highest BCUT2D eigenvalue weighted by molar-refractivity contribution is 7.91. The first-order valence-corrected chi connectivity index (χ1v) is 12.5. The highest BCUT2D eigenvalue weighted by Gasteiger charge is 2.34. The summed E-state index contributed by atoms with van der Waals surface area (Å²) in [7, 11) is -2.14. The quantitative estimate of drug-likeness (QED) is 0.558. The first kappa shape index (κ1) is 22.4. The molecular weight excluding hydrogens is 452 g/mol. The molecule has 1 aliphatic rings. The maximum atomic E-state index is 13.2. The second-order valence-corrected chi connectivity index (χ2v) is 10.6. The molecule has 4 rings (SSSR count). The number of para-hydroxylation sites is 1. The normalized spacial score (nSPS) is 17.2. The maximum absolute atomic E-state index is 13.2. The molecule has 170 valence electrons. The Balaban J connectivity index is 1.42. The summed E-state index contributed by atoms with van der Waals surface area (Å²) >= 11 is 1.11. The fourth-order valence-electron chi connectivity index (χ4n) is 3.66. The summed E-state index contributed by atoms with van der Waals surface area (Å²) in [6.07, 6.45) is 1.26. The lowest BCUT2D eigenvalue weighted by Crippen LogP contribution is -2.45. The predicted molar refractivity (Wildman–Crippen MR) is 119 cm³/mol. The fraction of sp³-hybridized carbons (Fsp3) is 0.381. The Morgan fingerprint density at radius 1 is 1.38 bits per heavy atom. The molecule has 3 aromatic rings. The zero-order chi connectivity index (χ0) is 22.7. The third-order valence-electron chi connectivity index (χ3n) is 5.36. The van der Waals surface area contributed by atoms with Crippen LogP contribution in [0.25, 0.3) is 11.4 Å². The summed E-state index contributed by atoms with van der Waals surface area (Å²) in [4.78, 5) is 16.9. The van der Waals surface area contributed by atoms with Crippen molar-refractivity contribution in [2.24, 2.45) is 5.92 Å². The molecule has 1 N–H and O–H groups in total. The molecule has 3 heterocycles.